The minimum absolute atomic E-state index is 0.119. The van der Waals surface area contributed by atoms with Gasteiger partial charge in [0.15, 0.2) is 0 Å². The molecule has 0 amide bonds. The van der Waals surface area contributed by atoms with Crippen LogP contribution in [0.2, 0.25) is 0 Å². The molecule has 1 unspecified atom stereocenters. The lowest BCUT2D eigenvalue weighted by Crippen LogP contribution is -2.27. The van der Waals surface area contributed by atoms with Gasteiger partial charge in [-0.15, -0.1) is 0 Å². The molecule has 1 aromatic carbocycles. The molecule has 1 rings (SSSR count). The lowest BCUT2D eigenvalue weighted by Gasteiger charge is -2.16. The molecule has 0 aliphatic rings. The Balaban J connectivity index is 2.62. The van der Waals surface area contributed by atoms with Crippen LogP contribution in [0.4, 0.5) is 4.39 Å². The average Bonchev–Trinajstić information content (AvgIpc) is 2.27. The Morgan fingerprint density at radius 2 is 2.19 bits per heavy atom. The number of hydrogen-bond donors (Lipinski definition) is 1. The number of likely N-dealkylation sites (N-methyl/N-ethyl adjacent to an activating group) is 1. The molecular weight excluding hydrogens is 269 g/mol. The number of rotatable bonds is 6. The topological polar surface area (TPSA) is 12.0 Å². The molecule has 1 N–H and O–H groups in total. The van der Waals surface area contributed by atoms with Gasteiger partial charge in [-0.25, -0.2) is 4.39 Å². The lowest BCUT2D eigenvalue weighted by atomic mass is 10.0. The first kappa shape index (κ1) is 13.7. The van der Waals surface area contributed by atoms with Crippen molar-refractivity contribution in [2.75, 3.05) is 7.05 Å². The van der Waals surface area contributed by atoms with Crippen LogP contribution in [-0.2, 0) is 6.42 Å². The van der Waals surface area contributed by atoms with Crippen LogP contribution in [0, 0.1) is 5.82 Å². The summed E-state index contributed by atoms with van der Waals surface area (Å²) in [5.41, 5.74) is 0.790. The molecule has 0 spiro atoms. The Labute approximate surface area is 106 Å². The molecule has 0 radical (unpaired) electrons. The molecule has 0 fully saturated rings. The van der Waals surface area contributed by atoms with Crippen molar-refractivity contribution in [2.45, 2.75) is 38.6 Å². The zero-order valence-corrected chi connectivity index (χ0v) is 11.5. The standard InChI is InChI=1S/C13H19BrFN/c1-3-4-5-12(16-2)8-10-6-7-11(14)9-13(10)15/h6-7,9,12,16H,3-5,8H2,1-2H3. The number of hydrogen-bond acceptors (Lipinski definition) is 1. The quantitative estimate of drug-likeness (QED) is 0.837. The van der Waals surface area contributed by atoms with Crippen molar-refractivity contribution in [3.63, 3.8) is 0 Å². The first-order valence-electron chi connectivity index (χ1n) is 5.78. The number of halogens is 2. The van der Waals surface area contributed by atoms with Crippen LogP contribution < -0.4 is 5.32 Å². The Morgan fingerprint density at radius 3 is 2.75 bits per heavy atom. The first-order valence-corrected chi connectivity index (χ1v) is 6.57. The van der Waals surface area contributed by atoms with E-state index in [1.807, 2.05) is 19.2 Å². The summed E-state index contributed by atoms with van der Waals surface area (Å²) in [5, 5.41) is 3.25. The maximum atomic E-state index is 13.6. The predicted molar refractivity (Wildman–Crippen MR) is 70.2 cm³/mol. The molecular formula is C13H19BrFN. The largest absolute Gasteiger partial charge is 0.317 e. The van der Waals surface area contributed by atoms with Gasteiger partial charge in [0.25, 0.3) is 0 Å². The zero-order valence-electron chi connectivity index (χ0n) is 9.89. The van der Waals surface area contributed by atoms with Crippen molar-refractivity contribution < 1.29 is 4.39 Å². The summed E-state index contributed by atoms with van der Waals surface area (Å²) in [6.45, 7) is 2.17. The first-order chi connectivity index (χ1) is 7.67. The van der Waals surface area contributed by atoms with Crippen molar-refractivity contribution >= 4 is 15.9 Å². The third-order valence-electron chi connectivity index (χ3n) is 2.80. The second-order valence-electron chi connectivity index (χ2n) is 4.07. The van der Waals surface area contributed by atoms with E-state index in [4.69, 9.17) is 0 Å². The number of benzene rings is 1. The molecule has 1 atom stereocenters. The molecule has 0 heterocycles. The van der Waals surface area contributed by atoms with Crippen molar-refractivity contribution in [3.05, 3.63) is 34.1 Å². The maximum absolute atomic E-state index is 13.6. The summed E-state index contributed by atoms with van der Waals surface area (Å²) < 4.78 is 14.4. The fourth-order valence-corrected chi connectivity index (χ4v) is 2.08. The van der Waals surface area contributed by atoms with Gasteiger partial charge in [0.1, 0.15) is 5.82 Å². The molecule has 0 aliphatic carbocycles. The normalized spacial score (nSPS) is 12.8. The van der Waals surface area contributed by atoms with E-state index in [1.165, 1.54) is 18.9 Å². The lowest BCUT2D eigenvalue weighted by molar-refractivity contribution is 0.486. The van der Waals surface area contributed by atoms with E-state index in [0.717, 1.165) is 22.9 Å². The zero-order chi connectivity index (χ0) is 12.0. The summed E-state index contributed by atoms with van der Waals surface area (Å²) >= 11 is 3.27. The Kier molecular flexibility index (Phi) is 5.99. The molecule has 0 saturated heterocycles. The van der Waals surface area contributed by atoms with Crippen molar-refractivity contribution in [2.24, 2.45) is 0 Å². The van der Waals surface area contributed by atoms with Gasteiger partial charge < -0.3 is 5.32 Å². The maximum Gasteiger partial charge on any atom is 0.127 e. The van der Waals surface area contributed by atoms with E-state index in [-0.39, 0.29) is 5.82 Å². The van der Waals surface area contributed by atoms with Crippen LogP contribution in [0.25, 0.3) is 0 Å². The molecule has 0 aromatic heterocycles. The van der Waals surface area contributed by atoms with Gasteiger partial charge in [0, 0.05) is 10.5 Å². The third kappa shape index (κ3) is 4.22. The summed E-state index contributed by atoms with van der Waals surface area (Å²) in [5.74, 6) is -0.119. The van der Waals surface area contributed by atoms with Crippen LogP contribution in [0.5, 0.6) is 0 Å². The van der Waals surface area contributed by atoms with E-state index in [9.17, 15) is 4.39 Å². The second kappa shape index (κ2) is 7.02. The van der Waals surface area contributed by atoms with Crippen LogP contribution >= 0.6 is 15.9 Å². The highest BCUT2D eigenvalue weighted by Crippen LogP contribution is 2.17. The summed E-state index contributed by atoms with van der Waals surface area (Å²) in [7, 11) is 1.94. The molecule has 3 heteroatoms. The Hall–Kier alpha value is -0.410. The molecule has 16 heavy (non-hydrogen) atoms. The van der Waals surface area contributed by atoms with Crippen LogP contribution in [0.1, 0.15) is 31.7 Å². The monoisotopic (exact) mass is 287 g/mol. The van der Waals surface area contributed by atoms with Gasteiger partial charge >= 0.3 is 0 Å². The van der Waals surface area contributed by atoms with E-state index < -0.39 is 0 Å². The minimum Gasteiger partial charge on any atom is -0.317 e. The van der Waals surface area contributed by atoms with Gasteiger partial charge in [-0.3, -0.25) is 0 Å². The Morgan fingerprint density at radius 1 is 1.44 bits per heavy atom. The molecule has 0 aliphatic heterocycles. The van der Waals surface area contributed by atoms with E-state index in [2.05, 4.69) is 28.2 Å². The fraction of sp³-hybridized carbons (Fsp3) is 0.538. The van der Waals surface area contributed by atoms with Crippen molar-refractivity contribution in [3.8, 4) is 0 Å². The fourth-order valence-electron chi connectivity index (χ4n) is 1.75. The van der Waals surface area contributed by atoms with Gasteiger partial charge in [0.05, 0.1) is 0 Å². The SMILES string of the molecule is CCCCC(Cc1ccc(Br)cc1F)NC. The smallest absolute Gasteiger partial charge is 0.127 e. The van der Waals surface area contributed by atoms with Gasteiger partial charge in [0.2, 0.25) is 0 Å². The van der Waals surface area contributed by atoms with Crippen LogP contribution in [0.3, 0.4) is 0 Å². The summed E-state index contributed by atoms with van der Waals surface area (Å²) in [4.78, 5) is 0. The molecule has 0 bridgehead atoms. The van der Waals surface area contributed by atoms with Crippen LogP contribution in [0.15, 0.2) is 22.7 Å². The van der Waals surface area contributed by atoms with Gasteiger partial charge in [-0.05, 0) is 37.6 Å². The Bertz CT molecular complexity index is 328. The van der Waals surface area contributed by atoms with Gasteiger partial charge in [-0.2, -0.15) is 0 Å². The molecule has 90 valence electrons. The van der Waals surface area contributed by atoms with Crippen molar-refractivity contribution in [1.82, 2.24) is 5.32 Å². The molecule has 1 aromatic rings. The van der Waals surface area contributed by atoms with E-state index >= 15 is 0 Å². The highest BCUT2D eigenvalue weighted by Gasteiger charge is 2.10. The van der Waals surface area contributed by atoms with Crippen LogP contribution in [-0.4, -0.2) is 13.1 Å². The van der Waals surface area contributed by atoms with E-state index in [0.29, 0.717) is 6.04 Å². The van der Waals surface area contributed by atoms with E-state index in [1.54, 1.807) is 0 Å². The highest BCUT2D eigenvalue weighted by atomic mass is 79.9. The molecule has 1 nitrogen and oxygen atoms in total. The van der Waals surface area contributed by atoms with Crippen molar-refractivity contribution in [1.29, 1.82) is 0 Å². The number of unbranched alkanes of at least 4 members (excludes halogenated alkanes) is 1. The highest BCUT2D eigenvalue weighted by molar-refractivity contribution is 9.10. The number of nitrogens with one attached hydrogen (secondary N) is 1. The minimum atomic E-state index is -0.119. The summed E-state index contributed by atoms with van der Waals surface area (Å²) in [6, 6.07) is 5.65. The predicted octanol–water partition coefficient (Wildman–Crippen LogP) is 3.91. The summed E-state index contributed by atoms with van der Waals surface area (Å²) in [6.07, 6.45) is 4.22. The molecule has 0 saturated carbocycles. The average molecular weight is 288 g/mol. The second-order valence-corrected chi connectivity index (χ2v) is 4.98. The third-order valence-corrected chi connectivity index (χ3v) is 3.29. The van der Waals surface area contributed by atoms with Gasteiger partial charge in [-0.1, -0.05) is 41.8 Å².